The van der Waals surface area contributed by atoms with Gasteiger partial charge in [0.1, 0.15) is 11.6 Å². The van der Waals surface area contributed by atoms with Crippen LogP contribution in [0, 0.1) is 0 Å². The second-order valence-corrected chi connectivity index (χ2v) is 3.50. The first-order valence-corrected chi connectivity index (χ1v) is 5.30. The lowest BCUT2D eigenvalue weighted by atomic mass is 10.2. The van der Waals surface area contributed by atoms with Crippen LogP contribution in [0.5, 0.6) is 5.75 Å². The molecule has 0 amide bonds. The molecule has 3 heteroatoms. The lowest BCUT2D eigenvalue weighted by molar-refractivity contribution is 0.415. The second-order valence-electron chi connectivity index (χ2n) is 3.50. The van der Waals surface area contributed by atoms with Gasteiger partial charge in [-0.15, -0.1) is 0 Å². The summed E-state index contributed by atoms with van der Waals surface area (Å²) >= 11 is 0. The van der Waals surface area contributed by atoms with Crippen molar-refractivity contribution in [3.05, 3.63) is 24.3 Å². The van der Waals surface area contributed by atoms with Gasteiger partial charge in [0.15, 0.2) is 0 Å². The maximum Gasteiger partial charge on any atom is 0.120 e. The molecule has 0 saturated heterocycles. The summed E-state index contributed by atoms with van der Waals surface area (Å²) in [5.41, 5.74) is 1.17. The van der Waals surface area contributed by atoms with Crippen molar-refractivity contribution < 1.29 is 4.74 Å². The Hall–Kier alpha value is -1.51. The molecule has 0 aliphatic carbocycles. The fraction of sp³-hybridized carbons (Fsp3) is 0.417. The highest BCUT2D eigenvalue weighted by Gasteiger charge is 2.16. The standard InChI is InChI=1S/C12H16N2O/c1-3-12-13-7-8-14(12)10-5-4-6-11(9-10)15-2/h4-6,9H,3,7-8H2,1-2H3. The number of anilines is 1. The van der Waals surface area contributed by atoms with Gasteiger partial charge in [0.2, 0.25) is 0 Å². The predicted octanol–water partition coefficient (Wildman–Crippen LogP) is 2.32. The minimum absolute atomic E-state index is 0.898. The van der Waals surface area contributed by atoms with E-state index < -0.39 is 0 Å². The van der Waals surface area contributed by atoms with Crippen LogP contribution in [0.3, 0.4) is 0 Å². The Morgan fingerprint density at radius 2 is 2.33 bits per heavy atom. The Labute approximate surface area is 90.4 Å². The fourth-order valence-electron chi connectivity index (χ4n) is 1.85. The number of rotatable bonds is 3. The first kappa shape index (κ1) is 10.0. The molecule has 2 rings (SSSR count). The van der Waals surface area contributed by atoms with E-state index in [4.69, 9.17) is 4.74 Å². The number of ether oxygens (including phenoxy) is 1. The smallest absolute Gasteiger partial charge is 0.120 e. The minimum atomic E-state index is 0.898. The normalized spacial score (nSPS) is 15.3. The molecule has 15 heavy (non-hydrogen) atoms. The molecule has 3 nitrogen and oxygen atoms in total. The van der Waals surface area contributed by atoms with E-state index in [2.05, 4.69) is 28.9 Å². The summed E-state index contributed by atoms with van der Waals surface area (Å²) in [7, 11) is 1.69. The minimum Gasteiger partial charge on any atom is -0.497 e. The van der Waals surface area contributed by atoms with Crippen LogP contribution in [0.4, 0.5) is 5.69 Å². The molecule has 0 spiro atoms. The van der Waals surface area contributed by atoms with Gasteiger partial charge in [0.25, 0.3) is 0 Å². The van der Waals surface area contributed by atoms with E-state index >= 15 is 0 Å². The van der Waals surface area contributed by atoms with E-state index in [9.17, 15) is 0 Å². The quantitative estimate of drug-likeness (QED) is 0.754. The van der Waals surface area contributed by atoms with Crippen molar-refractivity contribution in [1.29, 1.82) is 0 Å². The summed E-state index contributed by atoms with van der Waals surface area (Å²) in [5, 5.41) is 0. The molecule has 0 saturated carbocycles. The third-order valence-corrected chi connectivity index (χ3v) is 2.61. The maximum atomic E-state index is 5.22. The van der Waals surface area contributed by atoms with Gasteiger partial charge in [-0.3, -0.25) is 4.99 Å². The molecular formula is C12H16N2O. The summed E-state index contributed by atoms with van der Waals surface area (Å²) in [5.74, 6) is 2.07. The van der Waals surface area contributed by atoms with Crippen LogP contribution in [0.2, 0.25) is 0 Å². The van der Waals surface area contributed by atoms with E-state index in [1.54, 1.807) is 7.11 Å². The molecule has 1 aliphatic heterocycles. The topological polar surface area (TPSA) is 24.8 Å². The SMILES string of the molecule is CCC1=NCCN1c1cccc(OC)c1. The first-order chi connectivity index (χ1) is 7.35. The third kappa shape index (κ3) is 1.96. The second kappa shape index (κ2) is 4.34. The molecule has 0 bridgehead atoms. The molecule has 1 aliphatic rings. The van der Waals surface area contributed by atoms with Crippen LogP contribution in [-0.4, -0.2) is 26.0 Å². The molecule has 1 heterocycles. The molecule has 0 fully saturated rings. The summed E-state index contributed by atoms with van der Waals surface area (Å²) in [6.07, 6.45) is 0.983. The zero-order valence-corrected chi connectivity index (χ0v) is 9.23. The van der Waals surface area contributed by atoms with Gasteiger partial charge < -0.3 is 9.64 Å². The number of hydrogen-bond acceptors (Lipinski definition) is 3. The Kier molecular flexibility index (Phi) is 2.90. The van der Waals surface area contributed by atoms with Crippen molar-refractivity contribution in [3.63, 3.8) is 0 Å². The van der Waals surface area contributed by atoms with Crippen molar-refractivity contribution in [2.24, 2.45) is 4.99 Å². The highest BCUT2D eigenvalue weighted by atomic mass is 16.5. The number of hydrogen-bond donors (Lipinski definition) is 0. The van der Waals surface area contributed by atoms with Gasteiger partial charge in [-0.2, -0.15) is 0 Å². The van der Waals surface area contributed by atoms with Crippen LogP contribution in [-0.2, 0) is 0 Å². The zero-order chi connectivity index (χ0) is 10.7. The average Bonchev–Trinajstić information content (AvgIpc) is 2.77. The van der Waals surface area contributed by atoms with Crippen molar-refractivity contribution in [3.8, 4) is 5.75 Å². The summed E-state index contributed by atoms with van der Waals surface area (Å²) < 4.78 is 5.22. The number of aliphatic imine (C=N–C) groups is 1. The monoisotopic (exact) mass is 204 g/mol. The van der Waals surface area contributed by atoms with Crippen LogP contribution in [0.25, 0.3) is 0 Å². The van der Waals surface area contributed by atoms with Crippen molar-refractivity contribution in [1.82, 2.24) is 0 Å². The Balaban J connectivity index is 2.25. The molecule has 1 aromatic carbocycles. The molecule has 80 valence electrons. The Morgan fingerprint density at radius 1 is 1.47 bits per heavy atom. The van der Waals surface area contributed by atoms with Crippen molar-refractivity contribution >= 4 is 11.5 Å². The van der Waals surface area contributed by atoms with E-state index in [1.165, 1.54) is 11.5 Å². The highest BCUT2D eigenvalue weighted by molar-refractivity contribution is 5.99. The number of amidine groups is 1. The van der Waals surface area contributed by atoms with Crippen LogP contribution < -0.4 is 9.64 Å². The van der Waals surface area contributed by atoms with Gasteiger partial charge in [-0.05, 0) is 12.1 Å². The summed E-state index contributed by atoms with van der Waals surface area (Å²) in [6, 6.07) is 8.12. The first-order valence-electron chi connectivity index (χ1n) is 5.30. The molecular weight excluding hydrogens is 188 g/mol. The van der Waals surface area contributed by atoms with Gasteiger partial charge in [-0.25, -0.2) is 0 Å². The molecule has 0 unspecified atom stereocenters. The number of nitrogens with zero attached hydrogens (tertiary/aromatic N) is 2. The Bertz CT molecular complexity index is 374. The lowest BCUT2D eigenvalue weighted by Crippen LogP contribution is -2.26. The number of methoxy groups -OCH3 is 1. The third-order valence-electron chi connectivity index (χ3n) is 2.61. The zero-order valence-electron chi connectivity index (χ0n) is 9.23. The van der Waals surface area contributed by atoms with Gasteiger partial charge in [0.05, 0.1) is 13.7 Å². The highest BCUT2D eigenvalue weighted by Crippen LogP contribution is 2.23. The summed E-state index contributed by atoms with van der Waals surface area (Å²) in [4.78, 5) is 6.72. The van der Waals surface area contributed by atoms with E-state index in [-0.39, 0.29) is 0 Å². The van der Waals surface area contributed by atoms with Crippen molar-refractivity contribution in [2.75, 3.05) is 25.1 Å². The predicted molar refractivity (Wildman–Crippen MR) is 62.9 cm³/mol. The van der Waals surface area contributed by atoms with Crippen LogP contribution in [0.1, 0.15) is 13.3 Å². The molecule has 0 radical (unpaired) electrons. The largest absolute Gasteiger partial charge is 0.497 e. The summed E-state index contributed by atoms with van der Waals surface area (Å²) in [6.45, 7) is 4.02. The van der Waals surface area contributed by atoms with E-state index in [0.717, 1.165) is 25.3 Å². The average molecular weight is 204 g/mol. The lowest BCUT2D eigenvalue weighted by Gasteiger charge is -2.20. The molecule has 0 N–H and O–H groups in total. The molecule has 0 atom stereocenters. The Morgan fingerprint density at radius 3 is 3.07 bits per heavy atom. The van der Waals surface area contributed by atoms with Gasteiger partial charge >= 0.3 is 0 Å². The molecule has 0 aromatic heterocycles. The fourth-order valence-corrected chi connectivity index (χ4v) is 1.85. The van der Waals surface area contributed by atoms with Gasteiger partial charge in [0, 0.05) is 24.7 Å². The maximum absolute atomic E-state index is 5.22. The number of benzene rings is 1. The van der Waals surface area contributed by atoms with Crippen molar-refractivity contribution in [2.45, 2.75) is 13.3 Å². The van der Waals surface area contributed by atoms with E-state index in [0.29, 0.717) is 0 Å². The van der Waals surface area contributed by atoms with E-state index in [1.807, 2.05) is 12.1 Å². The van der Waals surface area contributed by atoms with Crippen LogP contribution in [0.15, 0.2) is 29.3 Å². The van der Waals surface area contributed by atoms with Crippen LogP contribution >= 0.6 is 0 Å². The van der Waals surface area contributed by atoms with Gasteiger partial charge in [-0.1, -0.05) is 13.0 Å². The molecule has 1 aromatic rings.